The van der Waals surface area contributed by atoms with Crippen LogP contribution in [0.25, 0.3) is 0 Å². The van der Waals surface area contributed by atoms with Gasteiger partial charge in [0.05, 0.1) is 6.61 Å². The third-order valence-corrected chi connectivity index (χ3v) is 2.45. The molecule has 0 radical (unpaired) electrons. The molecular weight excluding hydrogens is 228 g/mol. The first-order valence-electron chi connectivity index (χ1n) is 6.58. The van der Waals surface area contributed by atoms with E-state index in [2.05, 4.69) is 48.5 Å². The van der Waals surface area contributed by atoms with Gasteiger partial charge < -0.3 is 20.3 Å². The highest BCUT2D eigenvalue weighted by Crippen LogP contribution is 2.13. The first-order valence-corrected chi connectivity index (χ1v) is 6.58. The molecule has 0 saturated carbocycles. The smallest absolute Gasteiger partial charge is 0.191 e. The van der Waals surface area contributed by atoms with Crippen LogP contribution in [0, 0.1) is 5.41 Å². The summed E-state index contributed by atoms with van der Waals surface area (Å²) in [6, 6.07) is 0. The van der Waals surface area contributed by atoms with E-state index < -0.39 is 0 Å². The van der Waals surface area contributed by atoms with Crippen LogP contribution >= 0.6 is 0 Å². The Kier molecular flexibility index (Phi) is 8.75. The Balaban J connectivity index is 3.93. The summed E-state index contributed by atoms with van der Waals surface area (Å²) in [5.74, 6) is 0.835. The van der Waals surface area contributed by atoms with Gasteiger partial charge in [-0.25, -0.2) is 0 Å². The van der Waals surface area contributed by atoms with Crippen LogP contribution in [-0.4, -0.2) is 64.9 Å². The maximum absolute atomic E-state index is 5.27. The fourth-order valence-electron chi connectivity index (χ4n) is 1.84. The second kappa shape index (κ2) is 9.16. The van der Waals surface area contributed by atoms with Crippen molar-refractivity contribution in [3.05, 3.63) is 0 Å². The minimum absolute atomic E-state index is 0.209. The average molecular weight is 258 g/mol. The van der Waals surface area contributed by atoms with E-state index in [1.54, 1.807) is 7.05 Å². The number of rotatable bonds is 8. The maximum atomic E-state index is 5.27. The first kappa shape index (κ1) is 17.2. The molecule has 0 aromatic carbocycles. The SMILES string of the molecule is CCOCCNC(=NC)NCC(C)(C)CN(C)C. The Morgan fingerprint density at radius 2 is 1.94 bits per heavy atom. The highest BCUT2D eigenvalue weighted by molar-refractivity contribution is 5.79. The van der Waals surface area contributed by atoms with Gasteiger partial charge in [-0.2, -0.15) is 0 Å². The molecule has 0 heterocycles. The monoisotopic (exact) mass is 258 g/mol. The quantitative estimate of drug-likeness (QED) is 0.384. The highest BCUT2D eigenvalue weighted by Gasteiger charge is 2.18. The van der Waals surface area contributed by atoms with Gasteiger partial charge in [0.2, 0.25) is 0 Å². The van der Waals surface area contributed by atoms with Gasteiger partial charge in [0.1, 0.15) is 0 Å². The normalized spacial score (nSPS) is 12.9. The van der Waals surface area contributed by atoms with Crippen molar-refractivity contribution in [1.29, 1.82) is 0 Å². The molecule has 0 spiro atoms. The van der Waals surface area contributed by atoms with Crippen molar-refractivity contribution in [3.8, 4) is 0 Å². The van der Waals surface area contributed by atoms with Gasteiger partial charge in [0, 0.05) is 33.3 Å². The van der Waals surface area contributed by atoms with Gasteiger partial charge in [0.15, 0.2) is 5.96 Å². The lowest BCUT2D eigenvalue weighted by molar-refractivity contribution is 0.152. The van der Waals surface area contributed by atoms with E-state index in [9.17, 15) is 0 Å². The zero-order valence-electron chi connectivity index (χ0n) is 12.8. The number of nitrogens with zero attached hydrogens (tertiary/aromatic N) is 2. The van der Waals surface area contributed by atoms with Gasteiger partial charge >= 0.3 is 0 Å². The number of hydrogen-bond acceptors (Lipinski definition) is 3. The summed E-state index contributed by atoms with van der Waals surface area (Å²) in [7, 11) is 5.97. The number of aliphatic imine (C=N–C) groups is 1. The summed E-state index contributed by atoms with van der Waals surface area (Å²) in [4.78, 5) is 6.39. The fraction of sp³-hybridized carbons (Fsp3) is 0.923. The van der Waals surface area contributed by atoms with E-state index in [0.717, 1.165) is 32.2 Å². The largest absolute Gasteiger partial charge is 0.380 e. The number of hydrogen-bond donors (Lipinski definition) is 2. The van der Waals surface area contributed by atoms with Gasteiger partial charge in [-0.1, -0.05) is 13.8 Å². The van der Waals surface area contributed by atoms with Crippen molar-refractivity contribution < 1.29 is 4.74 Å². The van der Waals surface area contributed by atoms with Crippen molar-refractivity contribution >= 4 is 5.96 Å². The van der Waals surface area contributed by atoms with Gasteiger partial charge in [0.25, 0.3) is 0 Å². The molecule has 0 atom stereocenters. The van der Waals surface area contributed by atoms with Crippen molar-refractivity contribution in [2.24, 2.45) is 10.4 Å². The Morgan fingerprint density at radius 3 is 2.44 bits per heavy atom. The van der Waals surface area contributed by atoms with Crippen molar-refractivity contribution in [3.63, 3.8) is 0 Å². The molecular formula is C13H30N4O. The minimum Gasteiger partial charge on any atom is -0.380 e. The van der Waals surface area contributed by atoms with Gasteiger partial charge in [-0.05, 0) is 26.4 Å². The number of guanidine groups is 1. The Bertz CT molecular complexity index is 239. The molecule has 0 fully saturated rings. The van der Waals surface area contributed by atoms with E-state index in [1.165, 1.54) is 0 Å². The average Bonchev–Trinajstić information content (AvgIpc) is 2.26. The molecule has 0 aliphatic rings. The van der Waals surface area contributed by atoms with Crippen LogP contribution in [0.3, 0.4) is 0 Å². The Labute approximate surface area is 112 Å². The zero-order chi connectivity index (χ0) is 14.0. The van der Waals surface area contributed by atoms with E-state index >= 15 is 0 Å². The van der Waals surface area contributed by atoms with E-state index in [4.69, 9.17) is 4.74 Å². The summed E-state index contributed by atoms with van der Waals surface area (Å²) in [5, 5.41) is 6.58. The maximum Gasteiger partial charge on any atom is 0.191 e. The van der Waals surface area contributed by atoms with Gasteiger partial charge in [-0.3, -0.25) is 4.99 Å². The summed E-state index contributed by atoms with van der Waals surface area (Å²) in [5.41, 5.74) is 0.209. The molecule has 0 aliphatic heterocycles. The molecule has 18 heavy (non-hydrogen) atoms. The molecule has 0 saturated heterocycles. The predicted octanol–water partition coefficient (Wildman–Crippen LogP) is 0.776. The molecule has 0 aromatic heterocycles. The number of ether oxygens (including phenoxy) is 1. The second-order valence-corrected chi connectivity index (χ2v) is 5.45. The zero-order valence-corrected chi connectivity index (χ0v) is 12.8. The van der Waals surface area contributed by atoms with Crippen LogP contribution in [0.4, 0.5) is 0 Å². The predicted molar refractivity (Wildman–Crippen MR) is 78.2 cm³/mol. The first-order chi connectivity index (χ1) is 8.41. The second-order valence-electron chi connectivity index (χ2n) is 5.45. The minimum atomic E-state index is 0.209. The summed E-state index contributed by atoms with van der Waals surface area (Å²) in [6.07, 6.45) is 0. The third kappa shape index (κ3) is 9.24. The van der Waals surface area contributed by atoms with Crippen molar-refractivity contribution in [2.45, 2.75) is 20.8 Å². The lowest BCUT2D eigenvalue weighted by atomic mass is 9.93. The summed E-state index contributed by atoms with van der Waals surface area (Å²) in [6.45, 7) is 10.6. The fourth-order valence-corrected chi connectivity index (χ4v) is 1.84. The highest BCUT2D eigenvalue weighted by atomic mass is 16.5. The molecule has 0 unspecified atom stereocenters. The van der Waals surface area contributed by atoms with Crippen LogP contribution in [0.15, 0.2) is 4.99 Å². The van der Waals surface area contributed by atoms with Crippen LogP contribution in [0.1, 0.15) is 20.8 Å². The third-order valence-electron chi connectivity index (χ3n) is 2.45. The topological polar surface area (TPSA) is 48.9 Å². The summed E-state index contributed by atoms with van der Waals surface area (Å²) >= 11 is 0. The van der Waals surface area contributed by atoms with Crippen LogP contribution in [-0.2, 0) is 4.74 Å². The molecule has 0 rings (SSSR count). The molecule has 5 heteroatoms. The molecule has 108 valence electrons. The molecule has 2 N–H and O–H groups in total. The van der Waals surface area contributed by atoms with Crippen LogP contribution in [0.2, 0.25) is 0 Å². The Hall–Kier alpha value is -0.810. The van der Waals surface area contributed by atoms with E-state index in [-0.39, 0.29) is 5.41 Å². The molecule has 0 aliphatic carbocycles. The standard InChI is InChI=1S/C13H30N4O/c1-7-18-9-8-15-12(14-4)16-10-13(2,3)11-17(5)6/h7-11H2,1-6H3,(H2,14,15,16). The van der Waals surface area contributed by atoms with Gasteiger partial charge in [-0.15, -0.1) is 0 Å². The molecule has 5 nitrogen and oxygen atoms in total. The lowest BCUT2D eigenvalue weighted by Gasteiger charge is -2.29. The lowest BCUT2D eigenvalue weighted by Crippen LogP contribution is -2.45. The van der Waals surface area contributed by atoms with Crippen molar-refractivity contribution in [1.82, 2.24) is 15.5 Å². The molecule has 0 aromatic rings. The Morgan fingerprint density at radius 1 is 1.28 bits per heavy atom. The van der Waals surface area contributed by atoms with E-state index in [1.807, 2.05) is 6.92 Å². The summed E-state index contributed by atoms with van der Waals surface area (Å²) < 4.78 is 5.27. The molecule has 0 bridgehead atoms. The van der Waals surface area contributed by atoms with Crippen molar-refractivity contribution in [2.75, 3.05) is 54.0 Å². The van der Waals surface area contributed by atoms with E-state index in [0.29, 0.717) is 6.61 Å². The number of nitrogens with one attached hydrogen (secondary N) is 2. The molecule has 0 amide bonds. The van der Waals surface area contributed by atoms with Crippen LogP contribution in [0.5, 0.6) is 0 Å². The van der Waals surface area contributed by atoms with Crippen LogP contribution < -0.4 is 10.6 Å².